The molecular weight excluding hydrogens is 356 g/mol. The summed E-state index contributed by atoms with van der Waals surface area (Å²) in [5.41, 5.74) is 2.30. The number of hydrogen-bond acceptors (Lipinski definition) is 4. The highest BCUT2D eigenvalue weighted by molar-refractivity contribution is 5.82. The Labute approximate surface area is 167 Å². The van der Waals surface area contributed by atoms with E-state index in [4.69, 9.17) is 9.47 Å². The van der Waals surface area contributed by atoms with E-state index in [9.17, 15) is 4.79 Å². The van der Waals surface area contributed by atoms with Gasteiger partial charge in [0.2, 0.25) is 0 Å². The molecule has 154 valence electrons. The zero-order chi connectivity index (χ0) is 19.9. The number of hydrogen-bond donors (Lipinski definition) is 1. The van der Waals surface area contributed by atoms with Gasteiger partial charge in [-0.05, 0) is 37.8 Å². The quantitative estimate of drug-likeness (QED) is 0.471. The largest absolute Gasteiger partial charge is 0.491 e. The lowest BCUT2D eigenvalue weighted by atomic mass is 10.1. The van der Waals surface area contributed by atoms with Gasteiger partial charge in [-0.1, -0.05) is 18.2 Å². The van der Waals surface area contributed by atoms with Crippen molar-refractivity contribution in [1.82, 2.24) is 15.1 Å². The van der Waals surface area contributed by atoms with Gasteiger partial charge in [0.05, 0.1) is 6.54 Å². The molecule has 2 fully saturated rings. The summed E-state index contributed by atoms with van der Waals surface area (Å²) in [6.07, 6.45) is 1.60. The van der Waals surface area contributed by atoms with Crippen molar-refractivity contribution in [2.45, 2.75) is 32.8 Å². The first kappa shape index (κ1) is 20.5. The number of rotatable bonds is 5. The second kappa shape index (κ2) is 9.78. The summed E-state index contributed by atoms with van der Waals surface area (Å²) in [7, 11) is 1.79. The molecule has 1 aromatic rings. The third-order valence-corrected chi connectivity index (χ3v) is 5.35. The van der Waals surface area contributed by atoms with Crippen LogP contribution in [0, 0.1) is 13.8 Å². The van der Waals surface area contributed by atoms with Crippen molar-refractivity contribution in [3.63, 3.8) is 0 Å². The number of ether oxygens (including phenoxy) is 2. The van der Waals surface area contributed by atoms with Crippen molar-refractivity contribution in [2.75, 3.05) is 53.0 Å². The highest BCUT2D eigenvalue weighted by Gasteiger charge is 2.30. The van der Waals surface area contributed by atoms with E-state index in [0.717, 1.165) is 48.8 Å². The lowest BCUT2D eigenvalue weighted by Gasteiger charge is -2.37. The van der Waals surface area contributed by atoms with Crippen molar-refractivity contribution in [2.24, 2.45) is 4.99 Å². The van der Waals surface area contributed by atoms with E-state index in [0.29, 0.717) is 32.8 Å². The predicted molar refractivity (Wildman–Crippen MR) is 110 cm³/mol. The molecule has 0 radical (unpaired) electrons. The lowest BCUT2D eigenvalue weighted by molar-refractivity contribution is -0.142. The Bertz CT molecular complexity index is 673. The first-order valence-corrected chi connectivity index (χ1v) is 10.1. The van der Waals surface area contributed by atoms with Crippen LogP contribution in [-0.4, -0.2) is 80.8 Å². The third kappa shape index (κ3) is 4.95. The average Bonchev–Trinajstić information content (AvgIpc) is 3.24. The van der Waals surface area contributed by atoms with Crippen LogP contribution in [0.3, 0.4) is 0 Å². The van der Waals surface area contributed by atoms with E-state index in [2.05, 4.69) is 41.2 Å². The smallest absolute Gasteiger partial charge is 0.251 e. The van der Waals surface area contributed by atoms with Gasteiger partial charge in [-0.3, -0.25) is 9.79 Å². The molecule has 1 unspecified atom stereocenters. The Kier molecular flexibility index (Phi) is 7.14. The minimum atomic E-state index is -0.231. The van der Waals surface area contributed by atoms with Crippen LogP contribution in [0.15, 0.2) is 23.2 Å². The van der Waals surface area contributed by atoms with Crippen LogP contribution in [-0.2, 0) is 9.53 Å². The van der Waals surface area contributed by atoms with Crippen LogP contribution in [0.1, 0.15) is 24.0 Å². The molecule has 1 amide bonds. The summed E-state index contributed by atoms with van der Waals surface area (Å²) >= 11 is 0. The molecule has 2 aliphatic heterocycles. The molecule has 2 saturated heterocycles. The molecule has 0 aliphatic carbocycles. The maximum atomic E-state index is 12.5. The van der Waals surface area contributed by atoms with E-state index in [1.54, 1.807) is 7.05 Å². The molecular formula is C21H32N4O3. The van der Waals surface area contributed by atoms with Crippen LogP contribution in [0.5, 0.6) is 5.75 Å². The molecule has 1 aromatic carbocycles. The number of carbonyl (C=O) groups is 1. The summed E-state index contributed by atoms with van der Waals surface area (Å²) in [4.78, 5) is 21.0. The van der Waals surface area contributed by atoms with Gasteiger partial charge < -0.3 is 24.6 Å². The molecule has 0 bridgehead atoms. The van der Waals surface area contributed by atoms with Crippen molar-refractivity contribution >= 4 is 11.9 Å². The van der Waals surface area contributed by atoms with Gasteiger partial charge in [-0.2, -0.15) is 0 Å². The fraction of sp³-hybridized carbons (Fsp3) is 0.619. The standard InChI is InChI=1S/C21H32N4O3/c1-16-6-4-7-17(2)19(16)28-15-9-23-21(22-3)25-12-10-24(11-13-25)20(26)18-8-5-14-27-18/h4,6-7,18H,5,8-15H2,1-3H3,(H,22,23). The zero-order valence-corrected chi connectivity index (χ0v) is 17.2. The summed E-state index contributed by atoms with van der Waals surface area (Å²) < 4.78 is 11.5. The Balaban J connectivity index is 1.41. The van der Waals surface area contributed by atoms with Crippen LogP contribution in [0.25, 0.3) is 0 Å². The summed E-state index contributed by atoms with van der Waals surface area (Å²) in [5.74, 6) is 1.96. The maximum Gasteiger partial charge on any atom is 0.251 e. The zero-order valence-electron chi connectivity index (χ0n) is 17.2. The van der Waals surface area contributed by atoms with E-state index in [1.165, 1.54) is 0 Å². The number of guanidine groups is 1. The fourth-order valence-corrected chi connectivity index (χ4v) is 3.79. The van der Waals surface area contributed by atoms with E-state index in [-0.39, 0.29) is 12.0 Å². The molecule has 7 nitrogen and oxygen atoms in total. The predicted octanol–water partition coefficient (Wildman–Crippen LogP) is 1.58. The van der Waals surface area contributed by atoms with Gasteiger partial charge in [-0.15, -0.1) is 0 Å². The van der Waals surface area contributed by atoms with Crippen LogP contribution >= 0.6 is 0 Å². The van der Waals surface area contributed by atoms with Crippen molar-refractivity contribution in [1.29, 1.82) is 0 Å². The molecule has 0 aromatic heterocycles. The average molecular weight is 389 g/mol. The molecule has 3 rings (SSSR count). The number of nitrogens with one attached hydrogen (secondary N) is 1. The lowest BCUT2D eigenvalue weighted by Crippen LogP contribution is -2.55. The highest BCUT2D eigenvalue weighted by atomic mass is 16.5. The van der Waals surface area contributed by atoms with Crippen LogP contribution < -0.4 is 10.1 Å². The Hall–Kier alpha value is -2.28. The Morgan fingerprint density at radius 1 is 1.21 bits per heavy atom. The van der Waals surface area contributed by atoms with E-state index < -0.39 is 0 Å². The van der Waals surface area contributed by atoms with Gasteiger partial charge >= 0.3 is 0 Å². The molecule has 0 spiro atoms. The normalized spacial score (nSPS) is 20.4. The minimum Gasteiger partial charge on any atom is -0.491 e. The first-order valence-electron chi connectivity index (χ1n) is 10.1. The van der Waals surface area contributed by atoms with Gasteiger partial charge in [0.1, 0.15) is 18.5 Å². The van der Waals surface area contributed by atoms with Crippen molar-refractivity contribution < 1.29 is 14.3 Å². The SMILES string of the molecule is CN=C(NCCOc1c(C)cccc1C)N1CCN(C(=O)C2CCCO2)CC1. The fourth-order valence-electron chi connectivity index (χ4n) is 3.79. The van der Waals surface area contributed by atoms with Gasteiger partial charge in [0, 0.05) is 39.8 Å². The molecule has 1 N–H and O–H groups in total. The van der Waals surface area contributed by atoms with Gasteiger partial charge in [0.25, 0.3) is 5.91 Å². The minimum absolute atomic E-state index is 0.141. The van der Waals surface area contributed by atoms with E-state index in [1.807, 2.05) is 11.0 Å². The van der Waals surface area contributed by atoms with Gasteiger partial charge in [0.15, 0.2) is 5.96 Å². The maximum absolute atomic E-state index is 12.5. The number of para-hydroxylation sites is 1. The third-order valence-electron chi connectivity index (χ3n) is 5.35. The number of amides is 1. The van der Waals surface area contributed by atoms with Crippen LogP contribution in [0.2, 0.25) is 0 Å². The Morgan fingerprint density at radius 2 is 1.89 bits per heavy atom. The summed E-state index contributed by atoms with van der Waals surface area (Å²) in [5, 5.41) is 3.37. The highest BCUT2D eigenvalue weighted by Crippen LogP contribution is 2.22. The number of aryl methyl sites for hydroxylation is 2. The Morgan fingerprint density at radius 3 is 2.50 bits per heavy atom. The monoisotopic (exact) mass is 388 g/mol. The van der Waals surface area contributed by atoms with E-state index >= 15 is 0 Å². The van der Waals surface area contributed by atoms with Crippen molar-refractivity contribution in [3.05, 3.63) is 29.3 Å². The molecule has 0 saturated carbocycles. The number of carbonyl (C=O) groups excluding carboxylic acids is 1. The number of nitrogens with zero attached hydrogens (tertiary/aromatic N) is 3. The van der Waals surface area contributed by atoms with Crippen molar-refractivity contribution in [3.8, 4) is 5.75 Å². The number of benzene rings is 1. The second-order valence-electron chi connectivity index (χ2n) is 7.36. The molecule has 1 atom stereocenters. The molecule has 2 heterocycles. The van der Waals surface area contributed by atoms with Crippen LogP contribution in [0.4, 0.5) is 0 Å². The number of aliphatic imine (C=N–C) groups is 1. The van der Waals surface area contributed by atoms with Gasteiger partial charge in [-0.25, -0.2) is 0 Å². The molecule has 2 aliphatic rings. The summed E-state index contributed by atoms with van der Waals surface area (Å²) in [6, 6.07) is 6.17. The molecule has 7 heteroatoms. The molecule has 28 heavy (non-hydrogen) atoms. The number of piperazine rings is 1. The second-order valence-corrected chi connectivity index (χ2v) is 7.36. The summed E-state index contributed by atoms with van der Waals surface area (Å²) in [6.45, 7) is 9.04. The first-order chi connectivity index (χ1) is 13.6. The topological polar surface area (TPSA) is 66.4 Å².